The lowest BCUT2D eigenvalue weighted by Gasteiger charge is -2.12. The van der Waals surface area contributed by atoms with E-state index in [2.05, 4.69) is 10.0 Å². The predicted octanol–water partition coefficient (Wildman–Crippen LogP) is -0.160. The first-order valence-corrected chi connectivity index (χ1v) is 6.35. The molecule has 0 saturated carbocycles. The van der Waals surface area contributed by atoms with Crippen LogP contribution in [0.2, 0.25) is 0 Å². The summed E-state index contributed by atoms with van der Waals surface area (Å²) in [5, 5.41) is 2.54. The van der Waals surface area contributed by atoms with Gasteiger partial charge in [0.2, 0.25) is 15.9 Å². The minimum atomic E-state index is -3.31. The molecule has 5 nitrogen and oxygen atoms in total. The Kier molecular flexibility index (Phi) is 5.71. The van der Waals surface area contributed by atoms with Crippen LogP contribution in [0.1, 0.15) is 27.2 Å². The largest absolute Gasteiger partial charge is 0.355 e. The molecule has 0 aliphatic heterocycles. The highest BCUT2D eigenvalue weighted by atomic mass is 32.2. The molecule has 1 atom stereocenters. The van der Waals surface area contributed by atoms with Gasteiger partial charge in [-0.25, -0.2) is 13.1 Å². The Morgan fingerprint density at radius 2 is 1.93 bits per heavy atom. The number of hydrogen-bond acceptors (Lipinski definition) is 3. The van der Waals surface area contributed by atoms with Gasteiger partial charge in [0.25, 0.3) is 0 Å². The van der Waals surface area contributed by atoms with Crippen molar-refractivity contribution in [3.63, 3.8) is 0 Å². The lowest BCUT2D eigenvalue weighted by molar-refractivity contribution is -0.122. The molecule has 0 fully saturated rings. The molecule has 0 aromatic carbocycles. The summed E-state index contributed by atoms with van der Waals surface area (Å²) in [6.45, 7) is 5.58. The van der Waals surface area contributed by atoms with Crippen LogP contribution < -0.4 is 10.0 Å². The molecule has 0 rings (SSSR count). The van der Waals surface area contributed by atoms with Gasteiger partial charge in [0.1, 0.15) is 0 Å². The van der Waals surface area contributed by atoms with Gasteiger partial charge < -0.3 is 5.32 Å². The maximum absolute atomic E-state index is 11.3. The zero-order chi connectivity index (χ0) is 11.2. The van der Waals surface area contributed by atoms with E-state index in [9.17, 15) is 13.2 Å². The number of likely N-dealkylation sites (N-methyl/N-ethyl adjacent to an activating group) is 1. The van der Waals surface area contributed by atoms with Crippen LogP contribution in [0.15, 0.2) is 0 Å². The van der Waals surface area contributed by atoms with Gasteiger partial charge in [-0.2, -0.15) is 0 Å². The minimum Gasteiger partial charge on any atom is -0.355 e. The van der Waals surface area contributed by atoms with Crippen molar-refractivity contribution in [1.82, 2.24) is 10.0 Å². The van der Waals surface area contributed by atoms with Crippen LogP contribution in [0.5, 0.6) is 0 Å². The Balaban J connectivity index is 4.17. The van der Waals surface area contributed by atoms with Gasteiger partial charge in [-0.3, -0.25) is 4.79 Å². The van der Waals surface area contributed by atoms with Gasteiger partial charge in [0.15, 0.2) is 0 Å². The van der Waals surface area contributed by atoms with E-state index in [0.717, 1.165) is 0 Å². The number of rotatable bonds is 6. The highest BCUT2D eigenvalue weighted by Crippen LogP contribution is 1.92. The van der Waals surface area contributed by atoms with Crippen molar-refractivity contribution in [2.24, 2.45) is 0 Å². The summed E-state index contributed by atoms with van der Waals surface area (Å²) in [6.07, 6.45) is 0.539. The first-order valence-electron chi connectivity index (χ1n) is 4.70. The Morgan fingerprint density at radius 1 is 1.36 bits per heavy atom. The van der Waals surface area contributed by atoms with Gasteiger partial charge in [-0.05, 0) is 20.3 Å². The zero-order valence-corrected chi connectivity index (χ0v) is 9.65. The minimum absolute atomic E-state index is 0.0523. The highest BCUT2D eigenvalue weighted by Gasteiger charge is 2.18. The Hall–Kier alpha value is -0.620. The van der Waals surface area contributed by atoms with Gasteiger partial charge in [0, 0.05) is 6.54 Å². The molecule has 1 amide bonds. The van der Waals surface area contributed by atoms with E-state index >= 15 is 0 Å². The monoisotopic (exact) mass is 222 g/mol. The van der Waals surface area contributed by atoms with Gasteiger partial charge in [0.05, 0.1) is 11.8 Å². The van der Waals surface area contributed by atoms with E-state index in [1.807, 2.05) is 0 Å². The summed E-state index contributed by atoms with van der Waals surface area (Å²) in [6, 6.07) is -0.702. The molecule has 0 heterocycles. The second kappa shape index (κ2) is 5.98. The molecule has 0 aromatic rings. The molecule has 0 bridgehead atoms. The molecule has 6 heteroatoms. The van der Waals surface area contributed by atoms with E-state index in [1.54, 1.807) is 13.8 Å². The SMILES string of the molecule is CCCS(=O)(=O)NC(C)C(=O)NCC. The highest BCUT2D eigenvalue weighted by molar-refractivity contribution is 7.89. The van der Waals surface area contributed by atoms with Crippen LogP contribution in [-0.2, 0) is 14.8 Å². The summed E-state index contributed by atoms with van der Waals surface area (Å²) < 4.78 is 24.8. The predicted molar refractivity (Wildman–Crippen MR) is 55.4 cm³/mol. The van der Waals surface area contributed by atoms with Crippen LogP contribution in [0, 0.1) is 0 Å². The number of amides is 1. The molecular formula is C8H18N2O3S. The lowest BCUT2D eigenvalue weighted by Crippen LogP contribution is -2.45. The molecule has 84 valence electrons. The molecule has 0 aliphatic carbocycles. The Bertz CT molecular complexity index is 274. The van der Waals surface area contributed by atoms with Crippen molar-refractivity contribution < 1.29 is 13.2 Å². The maximum Gasteiger partial charge on any atom is 0.237 e. The van der Waals surface area contributed by atoms with Gasteiger partial charge >= 0.3 is 0 Å². The van der Waals surface area contributed by atoms with Crippen LogP contribution in [0.25, 0.3) is 0 Å². The molecule has 0 aliphatic rings. The summed E-state index contributed by atoms with van der Waals surface area (Å²) in [5.41, 5.74) is 0. The third-order valence-corrected chi connectivity index (χ3v) is 3.23. The standard InChI is InChI=1S/C8H18N2O3S/c1-4-6-14(12,13)10-7(3)8(11)9-5-2/h7,10H,4-6H2,1-3H3,(H,9,11). The maximum atomic E-state index is 11.3. The fourth-order valence-electron chi connectivity index (χ4n) is 0.978. The second-order valence-electron chi connectivity index (χ2n) is 3.05. The Labute approximate surface area is 85.3 Å². The molecule has 1 unspecified atom stereocenters. The van der Waals surface area contributed by atoms with Gasteiger partial charge in [-0.15, -0.1) is 0 Å². The fraction of sp³-hybridized carbons (Fsp3) is 0.875. The summed E-state index contributed by atoms with van der Waals surface area (Å²) >= 11 is 0. The summed E-state index contributed by atoms with van der Waals surface area (Å²) in [5.74, 6) is -0.247. The normalized spacial score (nSPS) is 13.6. The number of sulfonamides is 1. The van der Waals surface area contributed by atoms with Crippen molar-refractivity contribution in [3.05, 3.63) is 0 Å². The van der Waals surface area contributed by atoms with Crippen molar-refractivity contribution >= 4 is 15.9 Å². The second-order valence-corrected chi connectivity index (χ2v) is 4.93. The third-order valence-electron chi connectivity index (χ3n) is 1.57. The molecule has 0 radical (unpaired) electrons. The van der Waals surface area contributed by atoms with E-state index in [4.69, 9.17) is 0 Å². The van der Waals surface area contributed by atoms with E-state index in [-0.39, 0.29) is 11.7 Å². The third kappa shape index (κ3) is 5.18. The summed E-state index contributed by atoms with van der Waals surface area (Å²) in [4.78, 5) is 11.2. The van der Waals surface area contributed by atoms with Crippen molar-refractivity contribution in [2.45, 2.75) is 33.2 Å². The van der Waals surface area contributed by atoms with Crippen LogP contribution in [0.4, 0.5) is 0 Å². The Morgan fingerprint density at radius 3 is 2.36 bits per heavy atom. The molecular weight excluding hydrogens is 204 g/mol. The van der Waals surface area contributed by atoms with Crippen molar-refractivity contribution in [3.8, 4) is 0 Å². The molecule has 0 aromatic heterocycles. The van der Waals surface area contributed by atoms with Crippen LogP contribution >= 0.6 is 0 Å². The average Bonchev–Trinajstić information content (AvgIpc) is 2.03. The van der Waals surface area contributed by atoms with Crippen molar-refractivity contribution in [1.29, 1.82) is 0 Å². The molecule has 14 heavy (non-hydrogen) atoms. The van der Waals surface area contributed by atoms with Crippen molar-refractivity contribution in [2.75, 3.05) is 12.3 Å². The smallest absolute Gasteiger partial charge is 0.237 e. The average molecular weight is 222 g/mol. The van der Waals surface area contributed by atoms with Crippen LogP contribution in [0.3, 0.4) is 0 Å². The fourth-order valence-corrected chi connectivity index (χ4v) is 2.28. The number of carbonyl (C=O) groups excluding carboxylic acids is 1. The number of nitrogens with one attached hydrogen (secondary N) is 2. The van der Waals surface area contributed by atoms with Crippen LogP contribution in [-0.4, -0.2) is 32.7 Å². The summed E-state index contributed by atoms with van der Waals surface area (Å²) in [7, 11) is -3.31. The molecule has 0 spiro atoms. The number of hydrogen-bond donors (Lipinski definition) is 2. The van der Waals surface area contributed by atoms with Gasteiger partial charge in [-0.1, -0.05) is 6.92 Å². The zero-order valence-electron chi connectivity index (χ0n) is 8.83. The quantitative estimate of drug-likeness (QED) is 0.655. The van der Waals surface area contributed by atoms with E-state index < -0.39 is 16.1 Å². The van der Waals surface area contributed by atoms with E-state index in [0.29, 0.717) is 13.0 Å². The lowest BCUT2D eigenvalue weighted by atomic mass is 10.3. The first-order chi connectivity index (χ1) is 6.43. The molecule has 2 N–H and O–H groups in total. The van der Waals surface area contributed by atoms with E-state index in [1.165, 1.54) is 6.92 Å². The number of carbonyl (C=O) groups is 1. The molecule has 0 saturated heterocycles. The topological polar surface area (TPSA) is 75.3 Å². The first kappa shape index (κ1) is 13.4.